The van der Waals surface area contributed by atoms with E-state index >= 15 is 0 Å². The van der Waals surface area contributed by atoms with Crippen molar-refractivity contribution >= 4 is 13.7 Å². The van der Waals surface area contributed by atoms with Crippen LogP contribution in [0, 0.1) is 0 Å². The minimum Gasteiger partial charge on any atom is -0.756 e. The van der Waals surface area contributed by atoms with Crippen molar-refractivity contribution in [2.75, 3.05) is 40.9 Å². The molecule has 3 unspecified atom stereocenters. The molecular formula is C54H95N2O6P. The number of hydrogen-bond acceptors (Lipinski definition) is 6. The Morgan fingerprint density at radius 3 is 1.48 bits per heavy atom. The Hall–Kier alpha value is -2.58. The van der Waals surface area contributed by atoms with E-state index < -0.39 is 26.6 Å². The lowest BCUT2D eigenvalue weighted by Crippen LogP contribution is -2.45. The van der Waals surface area contributed by atoms with Crippen molar-refractivity contribution in [3.8, 4) is 0 Å². The highest BCUT2D eigenvalue weighted by Crippen LogP contribution is 2.38. The number of aliphatic hydroxyl groups excluding tert-OH is 1. The summed E-state index contributed by atoms with van der Waals surface area (Å²) in [5.41, 5.74) is 0. The zero-order chi connectivity index (χ0) is 46.4. The second-order valence-electron chi connectivity index (χ2n) is 17.8. The molecule has 1 amide bonds. The number of rotatable bonds is 44. The summed E-state index contributed by atoms with van der Waals surface area (Å²) in [6.07, 6.45) is 63.3. The third kappa shape index (κ3) is 47.2. The van der Waals surface area contributed by atoms with Gasteiger partial charge in [-0.3, -0.25) is 9.36 Å². The normalized spacial score (nSPS) is 15.0. The van der Waals surface area contributed by atoms with E-state index in [9.17, 15) is 19.4 Å². The molecule has 0 aromatic heterocycles. The smallest absolute Gasteiger partial charge is 0.268 e. The van der Waals surface area contributed by atoms with Gasteiger partial charge in [0, 0.05) is 6.42 Å². The van der Waals surface area contributed by atoms with Gasteiger partial charge in [0.25, 0.3) is 7.82 Å². The van der Waals surface area contributed by atoms with Gasteiger partial charge in [-0.2, -0.15) is 0 Å². The molecule has 0 rings (SSSR count). The fourth-order valence-electron chi connectivity index (χ4n) is 6.58. The molecular weight excluding hydrogens is 804 g/mol. The Labute approximate surface area is 388 Å². The third-order valence-electron chi connectivity index (χ3n) is 10.5. The summed E-state index contributed by atoms with van der Waals surface area (Å²) >= 11 is 0. The van der Waals surface area contributed by atoms with Gasteiger partial charge in [0.2, 0.25) is 5.91 Å². The second-order valence-corrected chi connectivity index (χ2v) is 19.2. The molecule has 0 aliphatic heterocycles. The van der Waals surface area contributed by atoms with Gasteiger partial charge in [-0.25, -0.2) is 0 Å². The molecule has 0 saturated heterocycles. The van der Waals surface area contributed by atoms with Crippen LogP contribution < -0.4 is 10.2 Å². The first-order chi connectivity index (χ1) is 30.5. The Balaban J connectivity index is 4.24. The fraction of sp³-hybridized carbons (Fsp3) is 0.685. The van der Waals surface area contributed by atoms with Crippen molar-refractivity contribution in [3.63, 3.8) is 0 Å². The van der Waals surface area contributed by atoms with Crippen LogP contribution in [0.4, 0.5) is 0 Å². The minimum atomic E-state index is -4.60. The maximum Gasteiger partial charge on any atom is 0.268 e. The number of hydrogen-bond donors (Lipinski definition) is 2. The number of amides is 1. The van der Waals surface area contributed by atoms with Crippen molar-refractivity contribution in [1.29, 1.82) is 0 Å². The molecule has 362 valence electrons. The summed E-state index contributed by atoms with van der Waals surface area (Å²) in [7, 11) is 1.22. The first kappa shape index (κ1) is 60.4. The van der Waals surface area contributed by atoms with Gasteiger partial charge in [0.1, 0.15) is 13.2 Å². The number of nitrogens with one attached hydrogen (secondary N) is 1. The molecule has 2 N–H and O–H groups in total. The predicted molar refractivity (Wildman–Crippen MR) is 269 cm³/mol. The van der Waals surface area contributed by atoms with Crippen LogP contribution in [-0.4, -0.2) is 68.5 Å². The summed E-state index contributed by atoms with van der Waals surface area (Å²) in [6.45, 7) is 4.47. The van der Waals surface area contributed by atoms with E-state index in [0.717, 1.165) is 83.5 Å². The van der Waals surface area contributed by atoms with Crippen molar-refractivity contribution in [1.82, 2.24) is 5.32 Å². The number of carbonyl (C=O) groups excluding carboxylic acids is 1. The van der Waals surface area contributed by atoms with Gasteiger partial charge < -0.3 is 28.8 Å². The average molecular weight is 899 g/mol. The number of quaternary nitrogens is 1. The lowest BCUT2D eigenvalue weighted by molar-refractivity contribution is -0.870. The summed E-state index contributed by atoms with van der Waals surface area (Å²) in [4.78, 5) is 25.3. The number of aliphatic hydroxyl groups is 1. The van der Waals surface area contributed by atoms with E-state index in [-0.39, 0.29) is 12.5 Å². The lowest BCUT2D eigenvalue weighted by Gasteiger charge is -2.29. The lowest BCUT2D eigenvalue weighted by atomic mass is 10.0. The first-order valence-corrected chi connectivity index (χ1v) is 26.6. The maximum absolute atomic E-state index is 12.9. The minimum absolute atomic E-state index is 0.0120. The molecule has 63 heavy (non-hydrogen) atoms. The molecule has 3 atom stereocenters. The molecule has 0 aromatic rings. The van der Waals surface area contributed by atoms with Crippen molar-refractivity contribution < 1.29 is 32.9 Å². The molecule has 0 bridgehead atoms. The van der Waals surface area contributed by atoms with Gasteiger partial charge in [-0.05, 0) is 83.5 Å². The van der Waals surface area contributed by atoms with Crippen LogP contribution in [0.1, 0.15) is 187 Å². The molecule has 8 nitrogen and oxygen atoms in total. The van der Waals surface area contributed by atoms with E-state index in [1.807, 2.05) is 27.2 Å². The van der Waals surface area contributed by atoms with E-state index in [1.54, 1.807) is 6.08 Å². The summed E-state index contributed by atoms with van der Waals surface area (Å²) in [5.74, 6) is -0.218. The molecule has 0 aliphatic rings. The predicted octanol–water partition coefficient (Wildman–Crippen LogP) is 14.1. The third-order valence-corrected chi connectivity index (χ3v) is 11.5. The highest BCUT2D eigenvalue weighted by Gasteiger charge is 2.23. The van der Waals surface area contributed by atoms with E-state index in [4.69, 9.17) is 9.05 Å². The Morgan fingerprint density at radius 1 is 0.571 bits per heavy atom. The molecule has 9 heteroatoms. The van der Waals surface area contributed by atoms with E-state index in [2.05, 4.69) is 104 Å². The molecule has 0 aliphatic carbocycles. The van der Waals surface area contributed by atoms with Gasteiger partial charge in [-0.15, -0.1) is 0 Å². The largest absolute Gasteiger partial charge is 0.756 e. The number of likely N-dealkylation sites (N-methyl/N-ethyl adjacent to an activating group) is 1. The average Bonchev–Trinajstić information content (AvgIpc) is 3.24. The molecule has 0 heterocycles. The summed E-state index contributed by atoms with van der Waals surface area (Å²) < 4.78 is 23.2. The van der Waals surface area contributed by atoms with Crippen LogP contribution in [0.5, 0.6) is 0 Å². The zero-order valence-corrected chi connectivity index (χ0v) is 41.9. The highest BCUT2D eigenvalue weighted by molar-refractivity contribution is 7.45. The SMILES string of the molecule is CC/C=C\C/C=C\C/C=C\C/C=C\C/C=C\C/C=C\CCCCCCCCCCCCC(=O)NC(COP(=O)([O-])OCC[N+](C)(C)C)C(O)/C=C/CC/C=C/CCCCCCCC. The monoisotopic (exact) mass is 899 g/mol. The maximum atomic E-state index is 12.9. The molecule has 0 spiro atoms. The highest BCUT2D eigenvalue weighted by atomic mass is 31.2. The number of unbranched alkanes of at least 4 members (excludes halogenated alkanes) is 17. The quantitative estimate of drug-likeness (QED) is 0.0273. The van der Waals surface area contributed by atoms with Crippen LogP contribution in [0.25, 0.3) is 0 Å². The number of phosphoric acid groups is 1. The van der Waals surface area contributed by atoms with Crippen LogP contribution in [0.3, 0.4) is 0 Å². The van der Waals surface area contributed by atoms with Crippen LogP contribution in [0.15, 0.2) is 97.2 Å². The van der Waals surface area contributed by atoms with Crippen LogP contribution in [-0.2, 0) is 18.4 Å². The van der Waals surface area contributed by atoms with Crippen LogP contribution >= 0.6 is 7.82 Å². The van der Waals surface area contributed by atoms with E-state index in [1.165, 1.54) is 83.5 Å². The first-order valence-electron chi connectivity index (χ1n) is 25.1. The molecule has 0 fully saturated rings. The molecule has 0 aromatic carbocycles. The van der Waals surface area contributed by atoms with Gasteiger partial charge in [-0.1, -0.05) is 195 Å². The molecule has 0 radical (unpaired) electrons. The number of carbonyl (C=O) groups is 1. The topological polar surface area (TPSA) is 108 Å². The fourth-order valence-corrected chi connectivity index (χ4v) is 7.30. The van der Waals surface area contributed by atoms with Gasteiger partial charge in [0.15, 0.2) is 0 Å². The number of phosphoric ester groups is 1. The van der Waals surface area contributed by atoms with Crippen molar-refractivity contribution in [2.45, 2.75) is 199 Å². The van der Waals surface area contributed by atoms with E-state index in [0.29, 0.717) is 17.4 Å². The summed E-state index contributed by atoms with van der Waals surface area (Å²) in [6, 6.07) is -0.910. The molecule has 0 saturated carbocycles. The Morgan fingerprint density at radius 2 is 0.984 bits per heavy atom. The Kier molecular flexibility index (Phi) is 42.8. The number of nitrogens with zero attached hydrogens (tertiary/aromatic N) is 1. The van der Waals surface area contributed by atoms with Gasteiger partial charge >= 0.3 is 0 Å². The van der Waals surface area contributed by atoms with Gasteiger partial charge in [0.05, 0.1) is 39.9 Å². The standard InChI is InChI=1S/C54H95N2O6P/c1-6-8-10-12-14-16-18-20-21-22-23-24-25-26-27-28-29-30-31-32-33-34-35-36-38-40-42-44-46-48-54(58)55-52(51-62-63(59,60)61-50-49-56(3,4)5)53(57)47-45-43-41-39-37-19-17-15-13-11-9-7-2/h8,10,14,16,20-21,23-24,26-27,29-30,37,39,45,47,52-53,57H,6-7,9,11-13,15,17-19,22,25,28,31-36,38,40-44,46,48-51H2,1-5H3,(H-,55,58,59,60)/b10-8-,16-14-,21-20-,24-23-,27-26-,30-29-,39-37+,47-45+. The summed E-state index contributed by atoms with van der Waals surface area (Å²) in [5, 5.41) is 13.8. The zero-order valence-electron chi connectivity index (χ0n) is 41.0. The second kappa shape index (κ2) is 44.6. The van der Waals surface area contributed by atoms with Crippen LogP contribution in [0.2, 0.25) is 0 Å². The van der Waals surface area contributed by atoms with Crippen molar-refractivity contribution in [3.05, 3.63) is 97.2 Å². The Bertz CT molecular complexity index is 1340. The number of allylic oxidation sites excluding steroid dienone is 15. The van der Waals surface area contributed by atoms with Crippen molar-refractivity contribution in [2.24, 2.45) is 0 Å².